The highest BCUT2D eigenvalue weighted by Gasteiger charge is 2.25. The van der Waals surface area contributed by atoms with Crippen LogP contribution in [0.5, 0.6) is 0 Å². The van der Waals surface area contributed by atoms with E-state index >= 15 is 0 Å². The number of rotatable bonds is 6. The maximum Gasteiger partial charge on any atom is 0.338 e. The summed E-state index contributed by atoms with van der Waals surface area (Å²) in [5, 5.41) is 9.71. The van der Waals surface area contributed by atoms with E-state index in [0.717, 1.165) is 36.8 Å². The molecule has 0 spiro atoms. The zero-order valence-corrected chi connectivity index (χ0v) is 16.1. The summed E-state index contributed by atoms with van der Waals surface area (Å²) in [5.74, 6) is -1.11. The summed E-state index contributed by atoms with van der Waals surface area (Å²) in [4.78, 5) is 12.0. The Morgan fingerprint density at radius 3 is 2.63 bits per heavy atom. The molecule has 2 aromatic carbocycles. The minimum Gasteiger partial charge on any atom is -0.478 e. The van der Waals surface area contributed by atoms with Gasteiger partial charge in [0.25, 0.3) is 10.0 Å². The van der Waals surface area contributed by atoms with Crippen LogP contribution in [0.2, 0.25) is 0 Å². The van der Waals surface area contributed by atoms with Crippen LogP contribution in [-0.2, 0) is 22.9 Å². The van der Waals surface area contributed by atoms with Gasteiger partial charge in [0.15, 0.2) is 0 Å². The number of carbonyl (C=O) groups is 1. The normalized spacial score (nSPS) is 14.1. The second-order valence-electron chi connectivity index (χ2n) is 6.59. The Labute approximate surface area is 159 Å². The van der Waals surface area contributed by atoms with Gasteiger partial charge in [0, 0.05) is 0 Å². The van der Waals surface area contributed by atoms with Crippen molar-refractivity contribution in [2.45, 2.75) is 43.9 Å². The molecule has 1 aliphatic carbocycles. The minimum absolute atomic E-state index is 0.0670. The molecule has 0 radical (unpaired) electrons. The molecule has 142 valence electrons. The maximum atomic E-state index is 13.0. The third-order valence-electron chi connectivity index (χ3n) is 4.73. The van der Waals surface area contributed by atoms with Gasteiger partial charge >= 0.3 is 5.97 Å². The van der Waals surface area contributed by atoms with Gasteiger partial charge in [-0.3, -0.25) is 4.72 Å². The predicted molar refractivity (Wildman–Crippen MR) is 107 cm³/mol. The Balaban J connectivity index is 2.05. The average molecular weight is 385 g/mol. The molecule has 2 N–H and O–H groups in total. The number of benzene rings is 2. The molecule has 0 heterocycles. The summed E-state index contributed by atoms with van der Waals surface area (Å²) < 4.78 is 28.5. The number of aromatic carboxylic acids is 1. The summed E-state index contributed by atoms with van der Waals surface area (Å²) in [6.45, 7) is 1.97. The van der Waals surface area contributed by atoms with Gasteiger partial charge in [-0.1, -0.05) is 43.3 Å². The molecule has 1 aliphatic rings. The summed E-state index contributed by atoms with van der Waals surface area (Å²) >= 11 is 0. The van der Waals surface area contributed by atoms with E-state index in [2.05, 4.69) is 4.72 Å². The number of aryl methyl sites for hydroxylation is 1. The van der Waals surface area contributed by atoms with Crippen molar-refractivity contribution < 1.29 is 18.3 Å². The van der Waals surface area contributed by atoms with Crippen LogP contribution in [-0.4, -0.2) is 19.5 Å². The van der Waals surface area contributed by atoms with E-state index in [1.807, 2.05) is 19.1 Å². The van der Waals surface area contributed by atoms with Crippen LogP contribution in [0.1, 0.15) is 53.2 Å². The number of fused-ring (bicyclic) bond motifs is 1. The molecule has 6 heteroatoms. The Hall–Kier alpha value is -2.60. The van der Waals surface area contributed by atoms with Crippen molar-refractivity contribution in [3.63, 3.8) is 0 Å². The molecule has 2 aromatic rings. The van der Waals surface area contributed by atoms with E-state index in [-0.39, 0.29) is 16.1 Å². The molecule has 0 amide bonds. The topological polar surface area (TPSA) is 83.5 Å². The smallest absolute Gasteiger partial charge is 0.338 e. The fraction of sp³-hybridized carbons (Fsp3) is 0.286. The first-order chi connectivity index (χ1) is 12.9. The van der Waals surface area contributed by atoms with Crippen LogP contribution in [0.4, 0.5) is 5.69 Å². The Morgan fingerprint density at radius 1 is 1.15 bits per heavy atom. The van der Waals surface area contributed by atoms with E-state index in [9.17, 15) is 18.3 Å². The third kappa shape index (κ3) is 4.06. The highest BCUT2D eigenvalue weighted by atomic mass is 32.2. The fourth-order valence-corrected chi connectivity index (χ4v) is 4.74. The van der Waals surface area contributed by atoms with Gasteiger partial charge in [-0.2, -0.15) is 0 Å². The third-order valence-corrected chi connectivity index (χ3v) is 6.17. The summed E-state index contributed by atoms with van der Waals surface area (Å²) in [6, 6.07) is 10.1. The molecule has 0 fully saturated rings. The molecule has 0 aliphatic heterocycles. The molecule has 0 unspecified atom stereocenters. The van der Waals surface area contributed by atoms with Crippen LogP contribution < -0.4 is 4.72 Å². The van der Waals surface area contributed by atoms with E-state index < -0.39 is 16.0 Å². The largest absolute Gasteiger partial charge is 0.478 e. The van der Waals surface area contributed by atoms with E-state index in [1.54, 1.807) is 30.3 Å². The van der Waals surface area contributed by atoms with E-state index in [0.29, 0.717) is 12.0 Å². The number of carboxylic acid groups (broad SMARTS) is 1. The lowest BCUT2D eigenvalue weighted by atomic mass is 9.87. The Morgan fingerprint density at radius 2 is 1.89 bits per heavy atom. The first-order valence-electron chi connectivity index (χ1n) is 9.10. The molecule has 0 bridgehead atoms. The molecular weight excluding hydrogens is 362 g/mol. The lowest BCUT2D eigenvalue weighted by molar-refractivity contribution is 0.0696. The number of sulfonamides is 1. The zero-order valence-electron chi connectivity index (χ0n) is 15.2. The first-order valence-corrected chi connectivity index (χ1v) is 10.6. The summed E-state index contributed by atoms with van der Waals surface area (Å²) in [7, 11) is -3.92. The van der Waals surface area contributed by atoms with Gasteiger partial charge in [0.05, 0.1) is 16.1 Å². The van der Waals surface area contributed by atoms with Crippen molar-refractivity contribution in [2.75, 3.05) is 4.72 Å². The van der Waals surface area contributed by atoms with Crippen LogP contribution in [0.15, 0.2) is 47.4 Å². The molecule has 3 rings (SSSR count). The monoisotopic (exact) mass is 385 g/mol. The Bertz CT molecular complexity index is 993. The number of allylic oxidation sites excluding steroid dienone is 1. The van der Waals surface area contributed by atoms with Crippen LogP contribution in [0.25, 0.3) is 6.08 Å². The van der Waals surface area contributed by atoms with Crippen molar-refractivity contribution in [2.24, 2.45) is 0 Å². The standard InChI is InChI=1S/C21H23NO4S/c1-2-3-8-16-10-5-7-12-19(16)27(25,26)22-18-14-13-15-9-4-6-11-17(15)20(18)21(23)24/h3,5,7-8,10,12-14,22H,2,4,6,9,11H2,1H3,(H,23,24). The molecule has 0 saturated heterocycles. The second kappa shape index (κ2) is 7.96. The zero-order chi connectivity index (χ0) is 19.4. The van der Waals surface area contributed by atoms with Crippen LogP contribution >= 0.6 is 0 Å². The highest BCUT2D eigenvalue weighted by molar-refractivity contribution is 7.92. The summed E-state index contributed by atoms with van der Waals surface area (Å²) in [6.07, 6.45) is 7.85. The van der Waals surface area contributed by atoms with Crippen molar-refractivity contribution in [3.05, 3.63) is 64.7 Å². The first kappa shape index (κ1) is 19.2. The van der Waals surface area contributed by atoms with Crippen molar-refractivity contribution in [1.82, 2.24) is 0 Å². The van der Waals surface area contributed by atoms with Gasteiger partial charge in [-0.05, 0) is 60.9 Å². The fourth-order valence-electron chi connectivity index (χ4n) is 3.46. The Kier molecular flexibility index (Phi) is 5.65. The van der Waals surface area contributed by atoms with E-state index in [1.165, 1.54) is 6.07 Å². The molecule has 0 atom stereocenters. The van der Waals surface area contributed by atoms with Gasteiger partial charge in [-0.25, -0.2) is 13.2 Å². The lowest BCUT2D eigenvalue weighted by Crippen LogP contribution is -2.19. The SMILES string of the molecule is CCC=Cc1ccccc1S(=O)(=O)Nc1ccc2c(c1C(=O)O)CCCC2. The summed E-state index contributed by atoms with van der Waals surface area (Å²) in [5.41, 5.74) is 2.50. The van der Waals surface area contributed by atoms with Gasteiger partial charge < -0.3 is 5.11 Å². The number of anilines is 1. The van der Waals surface area contributed by atoms with Crippen LogP contribution in [0, 0.1) is 0 Å². The second-order valence-corrected chi connectivity index (χ2v) is 8.24. The molecule has 0 saturated carbocycles. The quantitative estimate of drug-likeness (QED) is 0.767. The molecule has 27 heavy (non-hydrogen) atoms. The number of hydrogen-bond acceptors (Lipinski definition) is 3. The lowest BCUT2D eigenvalue weighted by Gasteiger charge is -2.21. The predicted octanol–water partition coefficient (Wildman–Crippen LogP) is 4.49. The van der Waals surface area contributed by atoms with E-state index in [4.69, 9.17) is 0 Å². The maximum absolute atomic E-state index is 13.0. The van der Waals surface area contributed by atoms with Gasteiger partial charge in [0.2, 0.25) is 0 Å². The van der Waals surface area contributed by atoms with Gasteiger partial charge in [-0.15, -0.1) is 0 Å². The highest BCUT2D eigenvalue weighted by Crippen LogP contribution is 2.31. The average Bonchev–Trinajstić information content (AvgIpc) is 2.65. The molecular formula is C21H23NO4S. The van der Waals surface area contributed by atoms with Crippen molar-refractivity contribution in [3.8, 4) is 0 Å². The molecule has 5 nitrogen and oxygen atoms in total. The molecule has 0 aromatic heterocycles. The minimum atomic E-state index is -3.92. The number of nitrogens with one attached hydrogen (secondary N) is 1. The number of carboxylic acids is 1. The van der Waals surface area contributed by atoms with Gasteiger partial charge in [0.1, 0.15) is 0 Å². The van der Waals surface area contributed by atoms with Crippen molar-refractivity contribution in [1.29, 1.82) is 0 Å². The van der Waals surface area contributed by atoms with Crippen LogP contribution in [0.3, 0.4) is 0 Å². The van der Waals surface area contributed by atoms with Crippen molar-refractivity contribution >= 4 is 27.8 Å². The number of hydrogen-bond donors (Lipinski definition) is 2.